The largest absolute Gasteiger partial charge is 0.380 e. The van der Waals surface area contributed by atoms with E-state index in [0.29, 0.717) is 22.3 Å². The normalized spacial score (nSPS) is 10.4. The first kappa shape index (κ1) is 13.7. The van der Waals surface area contributed by atoms with Gasteiger partial charge in [0.2, 0.25) is 0 Å². The fraction of sp³-hybridized carbons (Fsp3) is 0.0769. The van der Waals surface area contributed by atoms with Gasteiger partial charge >= 0.3 is 0 Å². The van der Waals surface area contributed by atoms with Crippen molar-refractivity contribution in [1.29, 1.82) is 0 Å². The van der Waals surface area contributed by atoms with Crippen molar-refractivity contribution in [1.82, 2.24) is 0 Å². The molecule has 0 aromatic heterocycles. The van der Waals surface area contributed by atoms with Gasteiger partial charge in [0.05, 0.1) is 15.7 Å². The third-order valence-corrected chi connectivity index (χ3v) is 3.96. The third-order valence-electron chi connectivity index (χ3n) is 2.40. The van der Waals surface area contributed by atoms with Crippen molar-refractivity contribution in [2.75, 3.05) is 5.32 Å². The van der Waals surface area contributed by atoms with E-state index in [2.05, 4.69) is 21.2 Å². The Labute approximate surface area is 123 Å². The molecule has 0 heterocycles. The van der Waals surface area contributed by atoms with E-state index in [4.69, 9.17) is 23.2 Å². The maximum absolute atomic E-state index is 13.1. The summed E-state index contributed by atoms with van der Waals surface area (Å²) in [7, 11) is 0. The van der Waals surface area contributed by atoms with Gasteiger partial charge in [0, 0.05) is 11.0 Å². The van der Waals surface area contributed by atoms with Crippen LogP contribution in [0.4, 0.5) is 10.1 Å². The van der Waals surface area contributed by atoms with Gasteiger partial charge in [-0.1, -0.05) is 29.3 Å². The molecule has 0 saturated heterocycles. The molecule has 0 bridgehead atoms. The Morgan fingerprint density at radius 1 is 1.06 bits per heavy atom. The lowest BCUT2D eigenvalue weighted by Crippen LogP contribution is -2.00. The van der Waals surface area contributed by atoms with Crippen LogP contribution in [0.25, 0.3) is 0 Å². The molecule has 5 heteroatoms. The highest BCUT2D eigenvalue weighted by Gasteiger charge is 2.03. The van der Waals surface area contributed by atoms with Crippen molar-refractivity contribution in [3.8, 4) is 0 Å². The van der Waals surface area contributed by atoms with E-state index >= 15 is 0 Å². The summed E-state index contributed by atoms with van der Waals surface area (Å²) in [6.45, 7) is 0.524. The first-order valence-corrected chi connectivity index (χ1v) is 6.74. The lowest BCUT2D eigenvalue weighted by molar-refractivity contribution is 0.628. The minimum Gasteiger partial charge on any atom is -0.380 e. The van der Waals surface area contributed by atoms with E-state index in [1.807, 2.05) is 18.2 Å². The number of nitrogens with one attached hydrogen (secondary N) is 1. The Kier molecular flexibility index (Phi) is 4.49. The van der Waals surface area contributed by atoms with Crippen LogP contribution in [0.5, 0.6) is 0 Å². The summed E-state index contributed by atoms with van der Waals surface area (Å²) in [6.07, 6.45) is 0. The number of anilines is 1. The fourth-order valence-electron chi connectivity index (χ4n) is 1.48. The highest BCUT2D eigenvalue weighted by atomic mass is 79.9. The van der Waals surface area contributed by atoms with Crippen LogP contribution in [0, 0.1) is 5.82 Å². The minimum absolute atomic E-state index is 0.323. The van der Waals surface area contributed by atoms with Crippen LogP contribution in [-0.4, -0.2) is 0 Å². The highest BCUT2D eigenvalue weighted by Crippen LogP contribution is 2.25. The predicted octanol–water partition coefficient (Wildman–Crippen LogP) is 5.51. The number of hydrogen-bond acceptors (Lipinski definition) is 1. The van der Waals surface area contributed by atoms with Crippen LogP contribution in [0.15, 0.2) is 40.9 Å². The summed E-state index contributed by atoms with van der Waals surface area (Å²) in [5.74, 6) is -0.323. The number of benzene rings is 2. The second-order valence-corrected chi connectivity index (χ2v) is 5.39. The maximum atomic E-state index is 13.1. The first-order valence-electron chi connectivity index (χ1n) is 5.19. The van der Waals surface area contributed by atoms with Gasteiger partial charge in [0.1, 0.15) is 5.82 Å². The first-order chi connectivity index (χ1) is 8.56. The monoisotopic (exact) mass is 347 g/mol. The lowest BCUT2D eigenvalue weighted by Gasteiger charge is -2.09. The Balaban J connectivity index is 2.11. The average molecular weight is 349 g/mol. The van der Waals surface area contributed by atoms with E-state index in [1.54, 1.807) is 0 Å². The summed E-state index contributed by atoms with van der Waals surface area (Å²) in [6, 6.07) is 9.84. The molecule has 94 valence electrons. The smallest absolute Gasteiger partial charge is 0.125 e. The summed E-state index contributed by atoms with van der Waals surface area (Å²) >= 11 is 15.3. The van der Waals surface area contributed by atoms with Crippen molar-refractivity contribution in [3.05, 3.63) is 62.3 Å². The molecule has 0 aliphatic heterocycles. The van der Waals surface area contributed by atoms with Crippen molar-refractivity contribution in [2.45, 2.75) is 6.54 Å². The third kappa shape index (κ3) is 3.37. The van der Waals surface area contributed by atoms with E-state index in [-0.39, 0.29) is 5.82 Å². The predicted molar refractivity (Wildman–Crippen MR) is 77.9 cm³/mol. The van der Waals surface area contributed by atoms with Gasteiger partial charge in [-0.2, -0.15) is 0 Å². The van der Waals surface area contributed by atoms with Crippen LogP contribution >= 0.6 is 39.1 Å². The van der Waals surface area contributed by atoms with Gasteiger partial charge < -0.3 is 5.32 Å². The van der Waals surface area contributed by atoms with Gasteiger partial charge in [0.15, 0.2) is 0 Å². The van der Waals surface area contributed by atoms with Crippen molar-refractivity contribution >= 4 is 44.8 Å². The van der Waals surface area contributed by atoms with E-state index in [1.165, 1.54) is 18.2 Å². The minimum atomic E-state index is -0.323. The Bertz CT molecular complexity index is 575. The second-order valence-electron chi connectivity index (χ2n) is 3.73. The van der Waals surface area contributed by atoms with E-state index < -0.39 is 0 Å². The van der Waals surface area contributed by atoms with Crippen molar-refractivity contribution < 1.29 is 4.39 Å². The molecule has 0 unspecified atom stereocenters. The molecule has 0 amide bonds. The van der Waals surface area contributed by atoms with Crippen molar-refractivity contribution in [3.63, 3.8) is 0 Å². The molecule has 1 N–H and O–H groups in total. The van der Waals surface area contributed by atoms with Crippen LogP contribution in [0.3, 0.4) is 0 Å². The zero-order valence-electron chi connectivity index (χ0n) is 9.18. The van der Waals surface area contributed by atoms with Gasteiger partial charge in [-0.15, -0.1) is 0 Å². The number of halogens is 4. The SMILES string of the molecule is Fc1ccc(Cl)c(NCc2ccc(Br)c(Cl)c2)c1. The Hall–Kier alpha value is -0.770. The molecule has 0 aliphatic carbocycles. The summed E-state index contributed by atoms with van der Waals surface area (Å²) in [4.78, 5) is 0. The number of rotatable bonds is 3. The van der Waals surface area contributed by atoms with Crippen LogP contribution in [0.1, 0.15) is 5.56 Å². The Morgan fingerprint density at radius 2 is 1.83 bits per heavy atom. The molecular formula is C13H9BrCl2FN. The maximum Gasteiger partial charge on any atom is 0.125 e. The fourth-order valence-corrected chi connectivity index (χ4v) is 2.11. The molecule has 0 fully saturated rings. The molecule has 2 aromatic carbocycles. The quantitative estimate of drug-likeness (QED) is 0.771. The van der Waals surface area contributed by atoms with Gasteiger partial charge in [0.25, 0.3) is 0 Å². The molecule has 0 atom stereocenters. The molecule has 0 radical (unpaired) electrons. The van der Waals surface area contributed by atoms with E-state index in [0.717, 1.165) is 10.0 Å². The molecule has 0 saturated carbocycles. The zero-order valence-corrected chi connectivity index (χ0v) is 12.3. The zero-order chi connectivity index (χ0) is 13.1. The average Bonchev–Trinajstić information content (AvgIpc) is 2.34. The van der Waals surface area contributed by atoms with Gasteiger partial charge in [-0.3, -0.25) is 0 Å². The molecular weight excluding hydrogens is 340 g/mol. The summed E-state index contributed by atoms with van der Waals surface area (Å²) in [5.41, 5.74) is 1.55. The molecule has 0 spiro atoms. The van der Waals surface area contributed by atoms with Crippen LogP contribution < -0.4 is 5.32 Å². The highest BCUT2D eigenvalue weighted by molar-refractivity contribution is 9.10. The van der Waals surface area contributed by atoms with E-state index in [9.17, 15) is 4.39 Å². The standard InChI is InChI=1S/C13H9BrCl2FN/c14-10-3-1-8(5-12(10)16)7-18-13-6-9(17)2-4-11(13)15/h1-6,18H,7H2. The molecule has 2 aromatic rings. The van der Waals surface area contributed by atoms with Crippen LogP contribution in [0.2, 0.25) is 10.0 Å². The van der Waals surface area contributed by atoms with Crippen molar-refractivity contribution in [2.24, 2.45) is 0 Å². The topological polar surface area (TPSA) is 12.0 Å². The molecule has 2 rings (SSSR count). The Morgan fingerprint density at radius 3 is 2.56 bits per heavy atom. The molecule has 0 aliphatic rings. The second kappa shape index (κ2) is 5.91. The summed E-state index contributed by atoms with van der Waals surface area (Å²) in [5, 5.41) is 4.20. The summed E-state index contributed by atoms with van der Waals surface area (Å²) < 4.78 is 13.9. The van der Waals surface area contributed by atoms with Gasteiger partial charge in [-0.05, 0) is 51.8 Å². The van der Waals surface area contributed by atoms with Gasteiger partial charge in [-0.25, -0.2) is 4.39 Å². The molecule has 1 nitrogen and oxygen atoms in total. The van der Waals surface area contributed by atoms with Crippen LogP contribution in [-0.2, 0) is 6.54 Å². The lowest BCUT2D eigenvalue weighted by atomic mass is 10.2. The molecule has 18 heavy (non-hydrogen) atoms. The number of hydrogen-bond donors (Lipinski definition) is 1.